The predicted octanol–water partition coefficient (Wildman–Crippen LogP) is 3.70. The third kappa shape index (κ3) is 6.31. The number of aromatic nitrogens is 3. The Kier molecular flexibility index (Phi) is 8.48. The standard InChI is InChI=1S/C27H36F3N7O4S/c1-17-12-25(3,4)36(14-17)23-20(24(38)35-42(39,40)21(13-31)18(2)32-5)6-7-22(33-23)37-11-8-19(34-37)15-41-16-26(9-10-26)27(28,29)30/h6-8,11,13,17H,9-10,12,14-16,31H2,1-5H3,(H,35,38)/t17-/m0/s1. The molecule has 2 aromatic heterocycles. The molecular formula is C27H36F3N7O4S. The lowest BCUT2D eigenvalue weighted by atomic mass is 9.97. The second-order valence-electron chi connectivity index (χ2n) is 11.6. The SMILES string of the molecule is CN=C(C)C(=CN)S(=O)(=O)NC(=O)c1ccc(-n2ccc(COCC3(C(F)(F)F)CC3)n2)nc1N1C[C@@H](C)CC1(C)C. The molecule has 1 saturated heterocycles. The molecule has 230 valence electrons. The van der Waals surface area contributed by atoms with Crippen molar-refractivity contribution in [1.82, 2.24) is 19.5 Å². The first-order chi connectivity index (χ1) is 19.5. The summed E-state index contributed by atoms with van der Waals surface area (Å²) < 4.78 is 74.4. The number of hydrogen-bond acceptors (Lipinski definition) is 9. The van der Waals surface area contributed by atoms with Crippen molar-refractivity contribution in [3.05, 3.63) is 46.8 Å². The Balaban J connectivity index is 1.62. The van der Waals surface area contributed by atoms with Gasteiger partial charge in [0.2, 0.25) is 0 Å². The monoisotopic (exact) mass is 611 g/mol. The van der Waals surface area contributed by atoms with Gasteiger partial charge in [-0.3, -0.25) is 9.79 Å². The number of allylic oxidation sites excluding steroid dienone is 1. The molecule has 2 fully saturated rings. The summed E-state index contributed by atoms with van der Waals surface area (Å²) in [5, 5.41) is 4.40. The van der Waals surface area contributed by atoms with Crippen molar-refractivity contribution >= 4 is 27.5 Å². The molecule has 0 spiro atoms. The van der Waals surface area contributed by atoms with Crippen molar-refractivity contribution in [3.8, 4) is 5.82 Å². The molecule has 1 atom stereocenters. The number of halogens is 3. The number of carbonyl (C=O) groups excluding carboxylic acids is 1. The fourth-order valence-corrected chi connectivity index (χ4v) is 6.36. The van der Waals surface area contributed by atoms with Gasteiger partial charge >= 0.3 is 6.18 Å². The van der Waals surface area contributed by atoms with Gasteiger partial charge in [0.05, 0.1) is 35.6 Å². The summed E-state index contributed by atoms with van der Waals surface area (Å²) >= 11 is 0. The van der Waals surface area contributed by atoms with Crippen LogP contribution in [0, 0.1) is 11.3 Å². The molecular weight excluding hydrogens is 575 g/mol. The van der Waals surface area contributed by atoms with Crippen molar-refractivity contribution in [2.45, 2.75) is 65.3 Å². The molecule has 1 saturated carbocycles. The Hall–Kier alpha value is -3.46. The molecule has 1 aliphatic heterocycles. The van der Waals surface area contributed by atoms with Crippen LogP contribution in [0.5, 0.6) is 0 Å². The molecule has 1 amide bonds. The van der Waals surface area contributed by atoms with Gasteiger partial charge in [-0.25, -0.2) is 22.8 Å². The van der Waals surface area contributed by atoms with Gasteiger partial charge in [0.1, 0.15) is 10.7 Å². The number of aliphatic imine (C=N–C) groups is 1. The van der Waals surface area contributed by atoms with E-state index < -0.39 is 39.7 Å². The number of nitrogens with one attached hydrogen (secondary N) is 1. The maximum absolute atomic E-state index is 13.4. The summed E-state index contributed by atoms with van der Waals surface area (Å²) in [4.78, 5) is 23.6. The smallest absolute Gasteiger partial charge is 0.396 e. The number of alkyl halides is 3. The minimum absolute atomic E-state index is 0.0320. The van der Waals surface area contributed by atoms with E-state index in [1.807, 2.05) is 18.7 Å². The highest BCUT2D eigenvalue weighted by atomic mass is 32.2. The third-order valence-corrected chi connectivity index (χ3v) is 9.22. The van der Waals surface area contributed by atoms with E-state index in [4.69, 9.17) is 15.5 Å². The molecule has 0 unspecified atom stereocenters. The van der Waals surface area contributed by atoms with E-state index in [1.165, 1.54) is 30.8 Å². The van der Waals surface area contributed by atoms with Crippen molar-refractivity contribution in [3.63, 3.8) is 0 Å². The third-order valence-electron chi connectivity index (χ3n) is 7.76. The van der Waals surface area contributed by atoms with E-state index in [9.17, 15) is 26.4 Å². The highest BCUT2D eigenvalue weighted by Gasteiger charge is 2.63. The van der Waals surface area contributed by atoms with Crippen LogP contribution in [0.15, 0.2) is 40.5 Å². The Labute approximate surface area is 243 Å². The van der Waals surface area contributed by atoms with Crippen LogP contribution in [0.3, 0.4) is 0 Å². The van der Waals surface area contributed by atoms with Gasteiger partial charge in [0.25, 0.3) is 15.9 Å². The Morgan fingerprint density at radius 2 is 1.98 bits per heavy atom. The van der Waals surface area contributed by atoms with E-state index in [-0.39, 0.29) is 47.4 Å². The summed E-state index contributed by atoms with van der Waals surface area (Å²) in [6, 6.07) is 4.59. The minimum atomic E-state index is -4.34. The molecule has 0 bridgehead atoms. The van der Waals surface area contributed by atoms with Gasteiger partial charge in [0.15, 0.2) is 5.82 Å². The van der Waals surface area contributed by atoms with Crippen LogP contribution in [0.2, 0.25) is 0 Å². The first kappa shape index (κ1) is 31.5. The number of ether oxygens (including phenoxy) is 1. The Bertz CT molecular complexity index is 1510. The lowest BCUT2D eigenvalue weighted by Gasteiger charge is -2.34. The molecule has 1 aliphatic carbocycles. The van der Waals surface area contributed by atoms with Gasteiger partial charge in [-0.05, 0) is 64.2 Å². The Morgan fingerprint density at radius 3 is 2.52 bits per heavy atom. The first-order valence-electron chi connectivity index (χ1n) is 13.4. The van der Waals surface area contributed by atoms with Crippen molar-refractivity contribution < 1.29 is 31.1 Å². The van der Waals surface area contributed by atoms with E-state index in [0.29, 0.717) is 18.1 Å². The van der Waals surface area contributed by atoms with Crippen LogP contribution in [0.25, 0.3) is 5.82 Å². The fraction of sp³-hybridized carbons (Fsp3) is 0.556. The number of rotatable bonds is 10. The number of anilines is 1. The zero-order valence-electron chi connectivity index (χ0n) is 24.2. The number of nitrogens with zero attached hydrogens (tertiary/aromatic N) is 5. The van der Waals surface area contributed by atoms with E-state index in [0.717, 1.165) is 12.6 Å². The van der Waals surface area contributed by atoms with E-state index in [1.54, 1.807) is 12.3 Å². The number of sulfonamides is 1. The topological polar surface area (TPSA) is 145 Å². The minimum Gasteiger partial charge on any atom is -0.403 e. The zero-order chi connectivity index (χ0) is 31.1. The van der Waals surface area contributed by atoms with Gasteiger partial charge in [-0.2, -0.15) is 18.3 Å². The van der Waals surface area contributed by atoms with Gasteiger partial charge in [-0.15, -0.1) is 0 Å². The summed E-state index contributed by atoms with van der Waals surface area (Å²) in [7, 11) is -2.93. The zero-order valence-corrected chi connectivity index (χ0v) is 25.0. The molecule has 2 aromatic rings. The highest BCUT2D eigenvalue weighted by Crippen LogP contribution is 2.57. The van der Waals surface area contributed by atoms with Crippen molar-refractivity contribution in [2.24, 2.45) is 22.1 Å². The first-order valence-corrected chi connectivity index (χ1v) is 14.9. The molecule has 11 nitrogen and oxygen atoms in total. The average Bonchev–Trinajstić information content (AvgIpc) is 3.46. The molecule has 4 rings (SSSR count). The lowest BCUT2D eigenvalue weighted by molar-refractivity contribution is -0.202. The van der Waals surface area contributed by atoms with Crippen LogP contribution >= 0.6 is 0 Å². The summed E-state index contributed by atoms with van der Waals surface area (Å²) in [6.45, 7) is 7.60. The molecule has 0 radical (unpaired) electrons. The summed E-state index contributed by atoms with van der Waals surface area (Å²) in [5.74, 6) is -0.0181. The number of amides is 1. The lowest BCUT2D eigenvalue weighted by Crippen LogP contribution is -2.41. The largest absolute Gasteiger partial charge is 0.403 e. The average molecular weight is 612 g/mol. The van der Waals surface area contributed by atoms with E-state index >= 15 is 0 Å². The second-order valence-corrected chi connectivity index (χ2v) is 13.2. The van der Waals surface area contributed by atoms with Gasteiger partial charge in [-0.1, -0.05) is 6.92 Å². The molecule has 3 heterocycles. The van der Waals surface area contributed by atoms with Crippen LogP contribution in [0.1, 0.15) is 63.0 Å². The number of nitrogens with two attached hydrogens (primary N) is 1. The normalized spacial score (nSPS) is 20.6. The van der Waals surface area contributed by atoms with Gasteiger partial charge < -0.3 is 15.4 Å². The summed E-state index contributed by atoms with van der Waals surface area (Å²) in [5.41, 5.74) is 3.94. The Morgan fingerprint density at radius 1 is 1.29 bits per heavy atom. The molecule has 0 aromatic carbocycles. The van der Waals surface area contributed by atoms with Crippen LogP contribution in [0.4, 0.5) is 19.0 Å². The van der Waals surface area contributed by atoms with Crippen LogP contribution in [-0.2, 0) is 21.4 Å². The van der Waals surface area contributed by atoms with Crippen molar-refractivity contribution in [1.29, 1.82) is 0 Å². The predicted molar refractivity (Wildman–Crippen MR) is 152 cm³/mol. The van der Waals surface area contributed by atoms with Crippen molar-refractivity contribution in [2.75, 3.05) is 25.1 Å². The van der Waals surface area contributed by atoms with Gasteiger partial charge in [0, 0.05) is 31.5 Å². The number of carbonyl (C=O) groups is 1. The maximum atomic E-state index is 13.4. The highest BCUT2D eigenvalue weighted by molar-refractivity contribution is 7.95. The maximum Gasteiger partial charge on any atom is 0.396 e. The quantitative estimate of drug-likeness (QED) is 0.387. The second kappa shape index (κ2) is 11.3. The fourth-order valence-electron chi connectivity index (χ4n) is 5.23. The van der Waals surface area contributed by atoms with Crippen LogP contribution < -0.4 is 15.4 Å². The number of hydrogen-bond donors (Lipinski definition) is 2. The summed E-state index contributed by atoms with van der Waals surface area (Å²) in [6.07, 6.45) is -0.911. The number of pyridine rings is 1. The molecule has 2 aliphatic rings. The van der Waals surface area contributed by atoms with Crippen LogP contribution in [-0.4, -0.2) is 66.7 Å². The van der Waals surface area contributed by atoms with E-state index in [2.05, 4.69) is 21.7 Å². The molecule has 15 heteroatoms. The molecule has 3 N–H and O–H groups in total. The molecule has 42 heavy (non-hydrogen) atoms.